The van der Waals surface area contributed by atoms with Crippen molar-refractivity contribution in [2.24, 2.45) is 0 Å². The van der Waals surface area contributed by atoms with E-state index in [1.807, 2.05) is 18.2 Å². The van der Waals surface area contributed by atoms with E-state index in [-0.39, 0.29) is 11.7 Å². The summed E-state index contributed by atoms with van der Waals surface area (Å²) in [7, 11) is 0. The first kappa shape index (κ1) is 15.9. The van der Waals surface area contributed by atoms with E-state index in [4.69, 9.17) is 0 Å². The van der Waals surface area contributed by atoms with E-state index < -0.39 is 0 Å². The minimum atomic E-state index is -0.0887. The number of aromatic nitrogens is 1. The molecule has 22 heavy (non-hydrogen) atoms. The largest absolute Gasteiger partial charge is 0.326 e. The van der Waals surface area contributed by atoms with Gasteiger partial charge in [0.1, 0.15) is 0 Å². The summed E-state index contributed by atoms with van der Waals surface area (Å²) >= 11 is 0. The number of hydrogen-bond acceptors (Lipinski definition) is 4. The van der Waals surface area contributed by atoms with Crippen LogP contribution in [0.15, 0.2) is 48.7 Å². The minimum Gasteiger partial charge on any atom is -0.326 e. The second kappa shape index (κ2) is 8.05. The Labute approximate surface area is 129 Å². The molecule has 0 bridgehead atoms. The van der Waals surface area contributed by atoms with Gasteiger partial charge in [0.25, 0.3) is 0 Å². The highest BCUT2D eigenvalue weighted by molar-refractivity contribution is 5.97. The van der Waals surface area contributed by atoms with Gasteiger partial charge in [-0.05, 0) is 31.2 Å². The van der Waals surface area contributed by atoms with Crippen LogP contribution in [0.2, 0.25) is 0 Å². The first-order valence-corrected chi connectivity index (χ1v) is 7.16. The van der Waals surface area contributed by atoms with Crippen LogP contribution in [-0.2, 0) is 11.3 Å². The Morgan fingerprint density at radius 3 is 2.73 bits per heavy atom. The van der Waals surface area contributed by atoms with Gasteiger partial charge in [-0.25, -0.2) is 0 Å². The molecule has 0 aliphatic carbocycles. The molecule has 5 nitrogen and oxygen atoms in total. The number of Topliss-reactive ketones (excluding diaryl/α,β-unsaturated/α-hetero) is 1. The van der Waals surface area contributed by atoms with Gasteiger partial charge in [-0.3, -0.25) is 14.6 Å². The van der Waals surface area contributed by atoms with E-state index >= 15 is 0 Å². The molecule has 2 rings (SSSR count). The smallest absolute Gasteiger partial charge is 0.225 e. The molecular weight excluding hydrogens is 278 g/mol. The SMILES string of the molecule is CC(=O)c1cccc(NC(=O)CCNCc2ccccn2)c1. The Morgan fingerprint density at radius 2 is 2.00 bits per heavy atom. The third-order valence-corrected chi connectivity index (χ3v) is 3.11. The lowest BCUT2D eigenvalue weighted by Gasteiger charge is -2.07. The standard InChI is InChI=1S/C17H19N3O2/c1-13(21)14-5-4-7-15(11-14)20-17(22)8-10-18-12-16-6-2-3-9-19-16/h2-7,9,11,18H,8,10,12H2,1H3,(H,20,22). The number of nitrogens with zero attached hydrogens (tertiary/aromatic N) is 1. The summed E-state index contributed by atoms with van der Waals surface area (Å²) in [4.78, 5) is 27.3. The summed E-state index contributed by atoms with van der Waals surface area (Å²) in [5.74, 6) is -0.109. The quantitative estimate of drug-likeness (QED) is 0.608. The zero-order valence-electron chi connectivity index (χ0n) is 12.5. The number of rotatable bonds is 7. The predicted molar refractivity (Wildman–Crippen MR) is 85.6 cm³/mol. The molecule has 1 aromatic heterocycles. The van der Waals surface area contributed by atoms with Crippen molar-refractivity contribution in [2.75, 3.05) is 11.9 Å². The summed E-state index contributed by atoms with van der Waals surface area (Å²) in [5.41, 5.74) is 2.17. The van der Waals surface area contributed by atoms with Crippen LogP contribution in [-0.4, -0.2) is 23.2 Å². The van der Waals surface area contributed by atoms with Gasteiger partial charge in [-0.2, -0.15) is 0 Å². The molecule has 1 heterocycles. The maximum atomic E-state index is 11.9. The molecule has 0 aliphatic heterocycles. The average molecular weight is 297 g/mol. The monoisotopic (exact) mass is 297 g/mol. The fourth-order valence-corrected chi connectivity index (χ4v) is 1.96. The van der Waals surface area contributed by atoms with Crippen molar-refractivity contribution in [3.05, 3.63) is 59.9 Å². The molecule has 1 amide bonds. The topological polar surface area (TPSA) is 71.1 Å². The van der Waals surface area contributed by atoms with Crippen LogP contribution in [0.3, 0.4) is 0 Å². The molecular formula is C17H19N3O2. The van der Waals surface area contributed by atoms with Crippen LogP contribution in [0.4, 0.5) is 5.69 Å². The maximum Gasteiger partial charge on any atom is 0.225 e. The molecule has 0 saturated carbocycles. The van der Waals surface area contributed by atoms with E-state index in [9.17, 15) is 9.59 Å². The van der Waals surface area contributed by atoms with Crippen LogP contribution >= 0.6 is 0 Å². The molecule has 0 atom stereocenters. The maximum absolute atomic E-state index is 11.9. The van der Waals surface area contributed by atoms with Gasteiger partial charge < -0.3 is 10.6 Å². The predicted octanol–water partition coefficient (Wildman–Crippen LogP) is 2.40. The molecule has 0 unspecified atom stereocenters. The number of ketones is 1. The molecule has 0 aliphatic rings. The number of benzene rings is 1. The van der Waals surface area contributed by atoms with Crippen LogP contribution in [0.5, 0.6) is 0 Å². The molecule has 114 valence electrons. The highest BCUT2D eigenvalue weighted by Crippen LogP contribution is 2.11. The fourth-order valence-electron chi connectivity index (χ4n) is 1.96. The Balaban J connectivity index is 1.74. The second-order valence-corrected chi connectivity index (χ2v) is 4.93. The van der Waals surface area contributed by atoms with E-state index in [0.29, 0.717) is 30.8 Å². The minimum absolute atomic E-state index is 0.0203. The summed E-state index contributed by atoms with van der Waals surface area (Å²) in [6, 6.07) is 12.7. The second-order valence-electron chi connectivity index (χ2n) is 4.93. The number of carbonyl (C=O) groups excluding carboxylic acids is 2. The lowest BCUT2D eigenvalue weighted by atomic mass is 10.1. The van der Waals surface area contributed by atoms with E-state index in [2.05, 4.69) is 15.6 Å². The first-order valence-electron chi connectivity index (χ1n) is 7.16. The van der Waals surface area contributed by atoms with Crippen molar-refractivity contribution in [1.29, 1.82) is 0 Å². The van der Waals surface area contributed by atoms with Gasteiger partial charge in [0.05, 0.1) is 5.69 Å². The molecule has 0 fully saturated rings. The van der Waals surface area contributed by atoms with E-state index in [1.54, 1.807) is 30.5 Å². The van der Waals surface area contributed by atoms with Crippen LogP contribution < -0.4 is 10.6 Å². The summed E-state index contributed by atoms with van der Waals surface area (Å²) < 4.78 is 0. The Hall–Kier alpha value is -2.53. The van der Waals surface area contributed by atoms with Gasteiger partial charge in [0.2, 0.25) is 5.91 Å². The summed E-state index contributed by atoms with van der Waals surface area (Å²) in [6.45, 7) is 2.70. The highest BCUT2D eigenvalue weighted by Gasteiger charge is 2.04. The molecule has 0 saturated heterocycles. The van der Waals surface area contributed by atoms with Crippen molar-refractivity contribution in [2.45, 2.75) is 19.9 Å². The Bertz CT molecular complexity index is 641. The molecule has 1 aromatic carbocycles. The van der Waals surface area contributed by atoms with Crippen molar-refractivity contribution >= 4 is 17.4 Å². The third kappa shape index (κ3) is 5.10. The Morgan fingerprint density at radius 1 is 1.14 bits per heavy atom. The zero-order valence-corrected chi connectivity index (χ0v) is 12.5. The Kier molecular flexibility index (Phi) is 5.80. The fraction of sp³-hybridized carbons (Fsp3) is 0.235. The van der Waals surface area contributed by atoms with E-state index in [1.165, 1.54) is 6.92 Å². The van der Waals surface area contributed by atoms with E-state index in [0.717, 1.165) is 5.69 Å². The normalized spacial score (nSPS) is 10.2. The lowest BCUT2D eigenvalue weighted by molar-refractivity contribution is -0.116. The average Bonchev–Trinajstić information content (AvgIpc) is 2.53. The number of pyridine rings is 1. The highest BCUT2D eigenvalue weighted by atomic mass is 16.1. The van der Waals surface area contributed by atoms with Crippen LogP contribution in [0.1, 0.15) is 29.4 Å². The van der Waals surface area contributed by atoms with Crippen molar-refractivity contribution < 1.29 is 9.59 Å². The van der Waals surface area contributed by atoms with Gasteiger partial charge >= 0.3 is 0 Å². The molecule has 2 N–H and O–H groups in total. The summed E-state index contributed by atoms with van der Waals surface area (Å²) in [6.07, 6.45) is 2.10. The number of anilines is 1. The molecule has 0 spiro atoms. The van der Waals surface area contributed by atoms with Gasteiger partial charge in [0, 0.05) is 37.0 Å². The molecule has 0 radical (unpaired) electrons. The van der Waals surface area contributed by atoms with Crippen LogP contribution in [0, 0.1) is 0 Å². The summed E-state index contributed by atoms with van der Waals surface area (Å²) in [5, 5.41) is 5.96. The number of nitrogens with one attached hydrogen (secondary N) is 2. The molecule has 5 heteroatoms. The number of carbonyl (C=O) groups is 2. The first-order chi connectivity index (χ1) is 10.6. The number of amides is 1. The van der Waals surface area contributed by atoms with Crippen molar-refractivity contribution in [3.63, 3.8) is 0 Å². The van der Waals surface area contributed by atoms with Gasteiger partial charge in [-0.15, -0.1) is 0 Å². The van der Waals surface area contributed by atoms with Crippen molar-refractivity contribution in [3.8, 4) is 0 Å². The lowest BCUT2D eigenvalue weighted by Crippen LogP contribution is -2.21. The zero-order chi connectivity index (χ0) is 15.8. The van der Waals surface area contributed by atoms with Gasteiger partial charge in [-0.1, -0.05) is 18.2 Å². The number of hydrogen-bond donors (Lipinski definition) is 2. The van der Waals surface area contributed by atoms with Gasteiger partial charge in [0.15, 0.2) is 5.78 Å². The van der Waals surface area contributed by atoms with Crippen LogP contribution in [0.25, 0.3) is 0 Å². The van der Waals surface area contributed by atoms with Crippen molar-refractivity contribution in [1.82, 2.24) is 10.3 Å². The molecule has 2 aromatic rings. The third-order valence-electron chi connectivity index (χ3n) is 3.11.